The number of benzene rings is 4. The molecule has 0 fully saturated rings. The second-order valence-corrected chi connectivity index (χ2v) is 10.3. The molecule has 0 aliphatic rings. The quantitative estimate of drug-likeness (QED) is 0.101. The summed E-state index contributed by atoms with van der Waals surface area (Å²) >= 11 is 0. The number of anilines is 1. The molecule has 42 heavy (non-hydrogen) atoms. The molecule has 1 amide bonds. The first-order valence-corrected chi connectivity index (χ1v) is 14.4. The minimum atomic E-state index is -0.238. The number of amides is 1. The van der Waals surface area contributed by atoms with E-state index in [1.807, 2.05) is 19.1 Å². The van der Waals surface area contributed by atoms with Crippen molar-refractivity contribution in [3.05, 3.63) is 114 Å². The lowest BCUT2D eigenvalue weighted by atomic mass is 10.0. The molecule has 0 saturated carbocycles. The fourth-order valence-electron chi connectivity index (χ4n) is 5.15. The zero-order valence-corrected chi connectivity index (χ0v) is 24.3. The number of fused-ring (bicyclic) bond motifs is 2. The standard InChI is InChI=1S/C36H36N2O4/c1-4-41-36(40)14-9-21-42-34-13-8-7-12-32(34)37-35(39)22-25(2)28-17-18-33-31(23-28)19-20-38(33)26(3)29-16-15-27-10-5-6-11-30(27)24-29/h5-8,10-13,15-20,22-24,26H,4,9,14,21H2,1-3H3,(H,37,39)/b25-22+. The van der Waals surface area contributed by atoms with Crippen molar-refractivity contribution >= 4 is 44.8 Å². The number of aromatic nitrogens is 1. The molecular formula is C36H36N2O4. The molecule has 1 unspecified atom stereocenters. The number of hydrogen-bond acceptors (Lipinski definition) is 4. The SMILES string of the molecule is CCOC(=O)CCCOc1ccccc1NC(=O)/C=C(\C)c1ccc2c(ccn2C(C)c2ccc3ccccc3c2)c1. The van der Waals surface area contributed by atoms with Crippen molar-refractivity contribution in [2.45, 2.75) is 39.7 Å². The fourth-order valence-corrected chi connectivity index (χ4v) is 5.15. The lowest BCUT2D eigenvalue weighted by molar-refractivity contribution is -0.143. The van der Waals surface area contributed by atoms with E-state index in [2.05, 4.69) is 89.7 Å². The fraction of sp³-hybridized carbons (Fsp3) is 0.222. The number of nitrogens with zero attached hydrogens (tertiary/aromatic N) is 1. The minimum Gasteiger partial charge on any atom is -0.491 e. The number of ether oxygens (including phenoxy) is 2. The molecule has 4 aromatic carbocycles. The van der Waals surface area contributed by atoms with Crippen LogP contribution in [0.25, 0.3) is 27.2 Å². The molecule has 214 valence electrons. The van der Waals surface area contributed by atoms with Crippen molar-refractivity contribution in [3.63, 3.8) is 0 Å². The third-order valence-electron chi connectivity index (χ3n) is 7.43. The van der Waals surface area contributed by atoms with Gasteiger partial charge in [0.05, 0.1) is 24.9 Å². The van der Waals surface area contributed by atoms with Crippen LogP contribution in [0.4, 0.5) is 5.69 Å². The lowest BCUT2D eigenvalue weighted by Crippen LogP contribution is -2.11. The smallest absolute Gasteiger partial charge is 0.305 e. The Bertz CT molecular complexity index is 1750. The highest BCUT2D eigenvalue weighted by atomic mass is 16.5. The van der Waals surface area contributed by atoms with E-state index in [9.17, 15) is 9.59 Å². The van der Waals surface area contributed by atoms with Crippen LogP contribution in [0.5, 0.6) is 5.75 Å². The van der Waals surface area contributed by atoms with Gasteiger partial charge in [-0.15, -0.1) is 0 Å². The van der Waals surface area contributed by atoms with E-state index in [0.717, 1.165) is 22.0 Å². The van der Waals surface area contributed by atoms with Gasteiger partial charge in [0.25, 0.3) is 0 Å². The maximum Gasteiger partial charge on any atom is 0.305 e. The number of esters is 1. The Morgan fingerprint density at radius 2 is 1.69 bits per heavy atom. The average molecular weight is 561 g/mol. The maximum atomic E-state index is 12.9. The van der Waals surface area contributed by atoms with Crippen LogP contribution < -0.4 is 10.1 Å². The predicted octanol–water partition coefficient (Wildman–Crippen LogP) is 8.17. The summed E-state index contributed by atoms with van der Waals surface area (Å²) in [5.74, 6) is 0.0826. The van der Waals surface area contributed by atoms with Gasteiger partial charge in [0.1, 0.15) is 5.75 Å². The Balaban J connectivity index is 1.26. The molecule has 5 rings (SSSR count). The van der Waals surface area contributed by atoms with Gasteiger partial charge in [0.2, 0.25) is 5.91 Å². The molecule has 5 aromatic rings. The van der Waals surface area contributed by atoms with Gasteiger partial charge >= 0.3 is 5.97 Å². The second kappa shape index (κ2) is 13.2. The molecule has 6 heteroatoms. The van der Waals surface area contributed by atoms with E-state index < -0.39 is 0 Å². The van der Waals surface area contributed by atoms with E-state index >= 15 is 0 Å². The van der Waals surface area contributed by atoms with Gasteiger partial charge in [-0.25, -0.2) is 0 Å². The van der Waals surface area contributed by atoms with Gasteiger partial charge in [0.15, 0.2) is 0 Å². The number of hydrogen-bond donors (Lipinski definition) is 1. The van der Waals surface area contributed by atoms with E-state index in [0.29, 0.717) is 37.5 Å². The first-order chi connectivity index (χ1) is 20.4. The highest BCUT2D eigenvalue weighted by Crippen LogP contribution is 2.29. The number of allylic oxidation sites excluding steroid dienone is 1. The van der Waals surface area contributed by atoms with Crippen LogP contribution in [0.1, 0.15) is 50.8 Å². The number of nitrogens with one attached hydrogen (secondary N) is 1. The number of carbonyl (C=O) groups excluding carboxylic acids is 2. The van der Waals surface area contributed by atoms with Crippen LogP contribution in [-0.2, 0) is 14.3 Å². The molecule has 0 aliphatic heterocycles. The van der Waals surface area contributed by atoms with E-state index in [-0.39, 0.29) is 17.9 Å². The third kappa shape index (κ3) is 6.72. The molecular weight excluding hydrogens is 524 g/mol. The summed E-state index contributed by atoms with van der Waals surface area (Å²) in [5.41, 5.74) is 4.82. The van der Waals surface area contributed by atoms with Gasteiger partial charge in [-0.2, -0.15) is 0 Å². The predicted molar refractivity (Wildman–Crippen MR) is 170 cm³/mol. The van der Waals surface area contributed by atoms with Gasteiger partial charge in [-0.1, -0.05) is 54.6 Å². The maximum absolute atomic E-state index is 12.9. The third-order valence-corrected chi connectivity index (χ3v) is 7.43. The Morgan fingerprint density at radius 3 is 2.52 bits per heavy atom. The summed E-state index contributed by atoms with van der Waals surface area (Å²) in [5, 5.41) is 6.53. The number of carbonyl (C=O) groups is 2. The summed E-state index contributed by atoms with van der Waals surface area (Å²) < 4.78 is 13.1. The van der Waals surface area contributed by atoms with Crippen LogP contribution in [0.3, 0.4) is 0 Å². The Hall–Kier alpha value is -4.84. The van der Waals surface area contributed by atoms with Crippen molar-refractivity contribution in [2.75, 3.05) is 18.5 Å². The monoisotopic (exact) mass is 560 g/mol. The first kappa shape index (κ1) is 28.7. The van der Waals surface area contributed by atoms with Crippen LogP contribution in [0.15, 0.2) is 103 Å². The Kier molecular flexibility index (Phi) is 9.02. The van der Waals surface area contributed by atoms with Crippen LogP contribution >= 0.6 is 0 Å². The van der Waals surface area contributed by atoms with E-state index in [1.165, 1.54) is 16.3 Å². The van der Waals surface area contributed by atoms with Gasteiger partial charge in [-0.3, -0.25) is 9.59 Å². The Morgan fingerprint density at radius 1 is 0.905 bits per heavy atom. The van der Waals surface area contributed by atoms with Crippen molar-refractivity contribution in [2.24, 2.45) is 0 Å². The van der Waals surface area contributed by atoms with Gasteiger partial charge in [-0.05, 0) is 91.1 Å². The molecule has 1 aromatic heterocycles. The minimum absolute atomic E-state index is 0.174. The van der Waals surface area contributed by atoms with E-state index in [1.54, 1.807) is 25.1 Å². The molecule has 0 bridgehead atoms. The lowest BCUT2D eigenvalue weighted by Gasteiger charge is -2.17. The number of rotatable bonds is 11. The van der Waals surface area contributed by atoms with Crippen molar-refractivity contribution in [3.8, 4) is 5.75 Å². The molecule has 0 spiro atoms. The largest absolute Gasteiger partial charge is 0.491 e. The molecule has 1 heterocycles. The zero-order chi connectivity index (χ0) is 29.5. The zero-order valence-electron chi connectivity index (χ0n) is 24.3. The van der Waals surface area contributed by atoms with Crippen molar-refractivity contribution < 1.29 is 19.1 Å². The van der Waals surface area contributed by atoms with Crippen molar-refractivity contribution in [1.29, 1.82) is 0 Å². The highest BCUT2D eigenvalue weighted by molar-refractivity contribution is 6.05. The summed E-state index contributed by atoms with van der Waals surface area (Å²) in [6.45, 7) is 6.66. The topological polar surface area (TPSA) is 69.6 Å². The molecule has 1 atom stereocenters. The average Bonchev–Trinajstić information content (AvgIpc) is 3.43. The van der Waals surface area contributed by atoms with Gasteiger partial charge in [0, 0.05) is 29.6 Å². The van der Waals surface area contributed by atoms with Gasteiger partial charge < -0.3 is 19.4 Å². The van der Waals surface area contributed by atoms with Crippen LogP contribution in [-0.4, -0.2) is 29.7 Å². The molecule has 6 nitrogen and oxygen atoms in total. The second-order valence-electron chi connectivity index (χ2n) is 10.3. The molecule has 0 saturated heterocycles. The summed E-state index contributed by atoms with van der Waals surface area (Å²) in [4.78, 5) is 24.5. The molecule has 0 aliphatic carbocycles. The highest BCUT2D eigenvalue weighted by Gasteiger charge is 2.13. The van der Waals surface area contributed by atoms with Crippen LogP contribution in [0.2, 0.25) is 0 Å². The van der Waals surface area contributed by atoms with E-state index in [4.69, 9.17) is 9.47 Å². The first-order valence-electron chi connectivity index (χ1n) is 14.4. The Labute approximate surface area is 246 Å². The summed E-state index contributed by atoms with van der Waals surface area (Å²) in [6, 6.07) is 31.0. The summed E-state index contributed by atoms with van der Waals surface area (Å²) in [6.07, 6.45) is 4.56. The van der Waals surface area contributed by atoms with Crippen LogP contribution in [0, 0.1) is 0 Å². The van der Waals surface area contributed by atoms with Crippen molar-refractivity contribution in [1.82, 2.24) is 4.57 Å². The molecule has 0 radical (unpaired) electrons. The number of para-hydroxylation sites is 2. The normalized spacial score (nSPS) is 12.3. The molecule has 1 N–H and O–H groups in total. The summed E-state index contributed by atoms with van der Waals surface area (Å²) in [7, 11) is 0.